The van der Waals surface area contributed by atoms with Crippen LogP contribution >= 0.6 is 0 Å². The third-order valence-corrected chi connectivity index (χ3v) is 1.78. The van der Waals surface area contributed by atoms with Crippen molar-refractivity contribution >= 4 is 11.4 Å². The van der Waals surface area contributed by atoms with Crippen LogP contribution in [0, 0.1) is 6.92 Å². The number of nitrogen functional groups attached to an aromatic ring is 2. The summed E-state index contributed by atoms with van der Waals surface area (Å²) in [6.07, 6.45) is 0. The van der Waals surface area contributed by atoms with Crippen molar-refractivity contribution in [3.63, 3.8) is 0 Å². The predicted molar refractivity (Wildman–Crippen MR) is 45.9 cm³/mol. The molecule has 60 valence electrons. The minimum atomic E-state index is -0.0529. The first-order chi connectivity index (χ1) is 5.16. The van der Waals surface area contributed by atoms with Crippen molar-refractivity contribution in [3.05, 3.63) is 23.3 Å². The molecule has 0 aliphatic heterocycles. The zero-order chi connectivity index (χ0) is 8.43. The third kappa shape index (κ3) is 1.28. The number of rotatable bonds is 1. The molecule has 0 aliphatic carbocycles. The van der Waals surface area contributed by atoms with Crippen molar-refractivity contribution in [1.82, 2.24) is 0 Å². The van der Waals surface area contributed by atoms with Gasteiger partial charge in [-0.1, -0.05) is 6.07 Å². The Morgan fingerprint density at radius 1 is 1.36 bits per heavy atom. The molecule has 0 fully saturated rings. The van der Waals surface area contributed by atoms with Crippen LogP contribution in [0.1, 0.15) is 11.1 Å². The van der Waals surface area contributed by atoms with Gasteiger partial charge in [-0.2, -0.15) is 0 Å². The highest BCUT2D eigenvalue weighted by atomic mass is 16.3. The van der Waals surface area contributed by atoms with Crippen molar-refractivity contribution in [1.29, 1.82) is 0 Å². The molecule has 1 rings (SSSR count). The van der Waals surface area contributed by atoms with Gasteiger partial charge < -0.3 is 16.6 Å². The van der Waals surface area contributed by atoms with Crippen LogP contribution in [0.2, 0.25) is 0 Å². The van der Waals surface area contributed by atoms with E-state index in [9.17, 15) is 0 Å². The fourth-order valence-electron chi connectivity index (χ4n) is 1.00. The highest BCUT2D eigenvalue weighted by molar-refractivity contribution is 5.68. The van der Waals surface area contributed by atoms with Gasteiger partial charge in [-0.3, -0.25) is 0 Å². The molecule has 0 heterocycles. The Morgan fingerprint density at radius 2 is 2.00 bits per heavy atom. The van der Waals surface area contributed by atoms with Gasteiger partial charge in [0.1, 0.15) is 0 Å². The Bertz CT molecular complexity index is 271. The van der Waals surface area contributed by atoms with Gasteiger partial charge in [-0.25, -0.2) is 0 Å². The van der Waals surface area contributed by atoms with Crippen molar-refractivity contribution < 1.29 is 5.11 Å². The normalized spacial score (nSPS) is 10.0. The molecular formula is C8H12N2O. The molecule has 1 aromatic rings. The van der Waals surface area contributed by atoms with Crippen molar-refractivity contribution in [2.75, 3.05) is 11.5 Å². The standard InChI is InChI=1S/C8H12N2O/c1-5-2-3-7(9)8(10)6(5)4-11/h2-3,11H,4,9-10H2,1H3. The van der Waals surface area contributed by atoms with E-state index in [-0.39, 0.29) is 6.61 Å². The lowest BCUT2D eigenvalue weighted by Crippen LogP contribution is -2.01. The van der Waals surface area contributed by atoms with Gasteiger partial charge >= 0.3 is 0 Å². The second kappa shape index (κ2) is 2.80. The van der Waals surface area contributed by atoms with Crippen molar-refractivity contribution in [2.24, 2.45) is 0 Å². The summed E-state index contributed by atoms with van der Waals surface area (Å²) in [5, 5.41) is 8.89. The molecule has 0 atom stereocenters. The molecule has 0 unspecified atom stereocenters. The topological polar surface area (TPSA) is 72.3 Å². The molecule has 3 nitrogen and oxygen atoms in total. The molecule has 11 heavy (non-hydrogen) atoms. The number of benzene rings is 1. The molecule has 0 saturated carbocycles. The lowest BCUT2D eigenvalue weighted by molar-refractivity contribution is 0.282. The zero-order valence-corrected chi connectivity index (χ0v) is 6.46. The number of aliphatic hydroxyl groups excluding tert-OH is 1. The number of aliphatic hydroxyl groups is 1. The van der Waals surface area contributed by atoms with Gasteiger partial charge in [-0.05, 0) is 18.6 Å². The molecule has 0 amide bonds. The summed E-state index contributed by atoms with van der Waals surface area (Å²) in [5.41, 5.74) is 13.9. The van der Waals surface area contributed by atoms with E-state index < -0.39 is 0 Å². The largest absolute Gasteiger partial charge is 0.397 e. The molecule has 3 heteroatoms. The summed E-state index contributed by atoms with van der Waals surface area (Å²) in [7, 11) is 0. The van der Waals surface area contributed by atoms with Crippen molar-refractivity contribution in [2.45, 2.75) is 13.5 Å². The van der Waals surface area contributed by atoms with Crippen LogP contribution in [0.25, 0.3) is 0 Å². The Balaban J connectivity index is 3.29. The molecule has 0 aromatic heterocycles. The van der Waals surface area contributed by atoms with Gasteiger partial charge in [0.15, 0.2) is 0 Å². The quantitative estimate of drug-likeness (QED) is 0.517. The second-order valence-electron chi connectivity index (χ2n) is 2.52. The minimum absolute atomic E-state index is 0.0529. The lowest BCUT2D eigenvalue weighted by atomic mass is 10.1. The number of hydrogen-bond acceptors (Lipinski definition) is 3. The van der Waals surface area contributed by atoms with Gasteiger partial charge in [-0.15, -0.1) is 0 Å². The van der Waals surface area contributed by atoms with E-state index in [0.717, 1.165) is 11.1 Å². The third-order valence-electron chi connectivity index (χ3n) is 1.78. The minimum Gasteiger partial charge on any atom is -0.397 e. The first-order valence-corrected chi connectivity index (χ1v) is 3.41. The second-order valence-corrected chi connectivity index (χ2v) is 2.52. The van der Waals surface area contributed by atoms with Crippen LogP contribution in [0.4, 0.5) is 11.4 Å². The lowest BCUT2D eigenvalue weighted by Gasteiger charge is -2.08. The molecular weight excluding hydrogens is 140 g/mol. The molecule has 5 N–H and O–H groups in total. The van der Waals surface area contributed by atoms with E-state index in [4.69, 9.17) is 16.6 Å². The fourth-order valence-corrected chi connectivity index (χ4v) is 1.00. The Morgan fingerprint density at radius 3 is 2.45 bits per heavy atom. The maximum absolute atomic E-state index is 8.89. The maximum Gasteiger partial charge on any atom is 0.0705 e. The monoisotopic (exact) mass is 152 g/mol. The molecule has 1 aromatic carbocycles. The van der Waals surface area contributed by atoms with Gasteiger partial charge in [0, 0.05) is 5.56 Å². The van der Waals surface area contributed by atoms with Crippen LogP contribution in [0.3, 0.4) is 0 Å². The number of nitrogens with two attached hydrogens (primary N) is 2. The van der Waals surface area contributed by atoms with E-state index in [2.05, 4.69) is 0 Å². The Hall–Kier alpha value is -1.22. The maximum atomic E-state index is 8.89. The van der Waals surface area contributed by atoms with E-state index >= 15 is 0 Å². The molecule has 0 bridgehead atoms. The van der Waals surface area contributed by atoms with Crippen LogP contribution in [0.15, 0.2) is 12.1 Å². The van der Waals surface area contributed by atoms with Crippen molar-refractivity contribution in [3.8, 4) is 0 Å². The number of hydrogen-bond donors (Lipinski definition) is 3. The SMILES string of the molecule is Cc1ccc(N)c(N)c1CO. The number of anilines is 2. The summed E-state index contributed by atoms with van der Waals surface area (Å²) in [4.78, 5) is 0. The summed E-state index contributed by atoms with van der Waals surface area (Å²) in [5.74, 6) is 0. The van der Waals surface area contributed by atoms with Gasteiger partial charge in [0.05, 0.1) is 18.0 Å². The summed E-state index contributed by atoms with van der Waals surface area (Å²) >= 11 is 0. The summed E-state index contributed by atoms with van der Waals surface area (Å²) in [6.45, 7) is 1.84. The number of aryl methyl sites for hydroxylation is 1. The molecule has 0 radical (unpaired) electrons. The van der Waals surface area contributed by atoms with Gasteiger partial charge in [0.25, 0.3) is 0 Å². The highest BCUT2D eigenvalue weighted by Gasteiger charge is 2.03. The molecule has 0 spiro atoms. The van der Waals surface area contributed by atoms with Crippen LogP contribution < -0.4 is 11.5 Å². The molecule has 0 aliphatic rings. The average molecular weight is 152 g/mol. The van der Waals surface area contributed by atoms with E-state index in [1.165, 1.54) is 0 Å². The summed E-state index contributed by atoms with van der Waals surface area (Å²) in [6, 6.07) is 3.58. The van der Waals surface area contributed by atoms with E-state index in [0.29, 0.717) is 11.4 Å². The van der Waals surface area contributed by atoms with Crippen LogP contribution in [-0.2, 0) is 6.61 Å². The Labute approximate surface area is 65.6 Å². The molecule has 0 saturated heterocycles. The predicted octanol–water partition coefficient (Wildman–Crippen LogP) is 0.652. The fraction of sp³-hybridized carbons (Fsp3) is 0.250. The zero-order valence-electron chi connectivity index (χ0n) is 6.46. The first kappa shape index (κ1) is 7.88. The Kier molecular flexibility index (Phi) is 2.01. The van der Waals surface area contributed by atoms with E-state index in [1.807, 2.05) is 13.0 Å². The average Bonchev–Trinajstić information content (AvgIpc) is 1.99. The van der Waals surface area contributed by atoms with E-state index in [1.54, 1.807) is 6.07 Å². The highest BCUT2D eigenvalue weighted by Crippen LogP contribution is 2.22. The first-order valence-electron chi connectivity index (χ1n) is 3.41. The van der Waals surface area contributed by atoms with Crippen LogP contribution in [-0.4, -0.2) is 5.11 Å². The van der Waals surface area contributed by atoms with Gasteiger partial charge in [0.2, 0.25) is 0 Å². The smallest absolute Gasteiger partial charge is 0.0705 e. The van der Waals surface area contributed by atoms with Crippen LogP contribution in [0.5, 0.6) is 0 Å². The summed E-state index contributed by atoms with van der Waals surface area (Å²) < 4.78 is 0.